The Morgan fingerprint density at radius 2 is 1.91 bits per heavy atom. The quantitative estimate of drug-likeness (QED) is 0.690. The first-order valence-corrected chi connectivity index (χ1v) is 7.85. The van der Waals surface area contributed by atoms with Crippen molar-refractivity contribution < 1.29 is 9.18 Å². The molecule has 3 rings (SSSR count). The van der Waals surface area contributed by atoms with Gasteiger partial charge in [-0.25, -0.2) is 4.39 Å². The van der Waals surface area contributed by atoms with Gasteiger partial charge in [-0.2, -0.15) is 0 Å². The zero-order chi connectivity index (χ0) is 15.9. The summed E-state index contributed by atoms with van der Waals surface area (Å²) in [6.45, 7) is 5.76. The molecule has 1 heterocycles. The van der Waals surface area contributed by atoms with Gasteiger partial charge in [0.2, 0.25) is 0 Å². The lowest BCUT2D eigenvalue weighted by atomic mass is 10.1. The summed E-state index contributed by atoms with van der Waals surface area (Å²) in [5.41, 5.74) is 3.64. The van der Waals surface area contributed by atoms with Crippen LogP contribution >= 0.6 is 11.3 Å². The molecule has 22 heavy (non-hydrogen) atoms. The molecule has 4 heteroatoms. The number of thiophene rings is 1. The number of hydrogen-bond donors (Lipinski definition) is 1. The average molecular weight is 313 g/mol. The summed E-state index contributed by atoms with van der Waals surface area (Å²) in [5.74, 6) is -0.470. The Morgan fingerprint density at radius 1 is 1.14 bits per heavy atom. The maximum atomic E-state index is 13.9. The Labute approximate surface area is 132 Å². The van der Waals surface area contributed by atoms with Gasteiger partial charge >= 0.3 is 0 Å². The minimum Gasteiger partial charge on any atom is -0.321 e. The lowest BCUT2D eigenvalue weighted by Crippen LogP contribution is -2.12. The van der Waals surface area contributed by atoms with Gasteiger partial charge in [0.1, 0.15) is 5.82 Å². The number of anilines is 1. The van der Waals surface area contributed by atoms with Crippen molar-refractivity contribution in [1.29, 1.82) is 0 Å². The molecule has 1 aromatic heterocycles. The van der Waals surface area contributed by atoms with E-state index in [1.807, 2.05) is 38.1 Å². The molecule has 0 spiro atoms. The van der Waals surface area contributed by atoms with E-state index >= 15 is 0 Å². The molecule has 0 aliphatic heterocycles. The number of carbonyl (C=O) groups is 1. The van der Waals surface area contributed by atoms with E-state index in [4.69, 9.17) is 0 Å². The van der Waals surface area contributed by atoms with E-state index < -0.39 is 0 Å². The molecule has 0 unspecified atom stereocenters. The monoisotopic (exact) mass is 313 g/mol. The van der Waals surface area contributed by atoms with Crippen LogP contribution in [0.15, 0.2) is 36.4 Å². The number of nitrogens with one attached hydrogen (secondary N) is 1. The highest BCUT2D eigenvalue weighted by Crippen LogP contribution is 2.33. The van der Waals surface area contributed by atoms with Crippen molar-refractivity contribution in [2.24, 2.45) is 0 Å². The lowest BCUT2D eigenvalue weighted by Gasteiger charge is -2.08. The van der Waals surface area contributed by atoms with Crippen molar-refractivity contribution in [2.75, 3.05) is 5.32 Å². The van der Waals surface area contributed by atoms with Crippen LogP contribution in [0, 0.1) is 26.6 Å². The standard InChI is InChI=1S/C18H16FNOS/c1-10-7-8-14(11(2)9-10)20-18(21)17-12(3)16-13(19)5-4-6-15(16)22-17/h4-9H,1-3H3,(H,20,21). The molecule has 0 saturated carbocycles. The summed E-state index contributed by atoms with van der Waals surface area (Å²) >= 11 is 1.32. The van der Waals surface area contributed by atoms with E-state index in [2.05, 4.69) is 5.32 Å². The van der Waals surface area contributed by atoms with E-state index in [1.54, 1.807) is 13.0 Å². The molecule has 0 aliphatic carbocycles. The zero-order valence-corrected chi connectivity index (χ0v) is 13.5. The van der Waals surface area contributed by atoms with Gasteiger partial charge in [-0.1, -0.05) is 23.8 Å². The Balaban J connectivity index is 1.99. The summed E-state index contributed by atoms with van der Waals surface area (Å²) in [6.07, 6.45) is 0. The maximum absolute atomic E-state index is 13.9. The molecule has 2 nitrogen and oxygen atoms in total. The van der Waals surface area contributed by atoms with Crippen LogP contribution in [0.2, 0.25) is 0 Å². The SMILES string of the molecule is Cc1ccc(NC(=O)c2sc3cccc(F)c3c2C)c(C)c1. The van der Waals surface area contributed by atoms with Crippen LogP contribution in [0.5, 0.6) is 0 Å². The Kier molecular flexibility index (Phi) is 3.71. The third kappa shape index (κ3) is 2.50. The Bertz CT molecular complexity index is 882. The predicted molar refractivity (Wildman–Crippen MR) is 90.4 cm³/mol. The molecule has 0 atom stereocenters. The van der Waals surface area contributed by atoms with Crippen LogP contribution in [-0.2, 0) is 0 Å². The van der Waals surface area contributed by atoms with E-state index in [0.29, 0.717) is 15.8 Å². The van der Waals surface area contributed by atoms with Crippen molar-refractivity contribution in [3.63, 3.8) is 0 Å². The fraction of sp³-hybridized carbons (Fsp3) is 0.167. The normalized spacial score (nSPS) is 10.9. The van der Waals surface area contributed by atoms with Crippen LogP contribution in [0.3, 0.4) is 0 Å². The number of fused-ring (bicyclic) bond motifs is 1. The van der Waals surface area contributed by atoms with E-state index in [-0.39, 0.29) is 11.7 Å². The number of aryl methyl sites for hydroxylation is 3. The summed E-state index contributed by atoms with van der Waals surface area (Å²) in [5, 5.41) is 3.46. The molecule has 1 amide bonds. The van der Waals surface area contributed by atoms with Crippen LogP contribution in [0.4, 0.5) is 10.1 Å². The highest BCUT2D eigenvalue weighted by atomic mass is 32.1. The van der Waals surface area contributed by atoms with Crippen LogP contribution < -0.4 is 5.32 Å². The average Bonchev–Trinajstić information content (AvgIpc) is 2.80. The predicted octanol–water partition coefficient (Wildman–Crippen LogP) is 5.22. The number of halogens is 1. The van der Waals surface area contributed by atoms with E-state index in [1.165, 1.54) is 17.4 Å². The number of benzene rings is 2. The van der Waals surface area contributed by atoms with Gasteiger partial charge in [0, 0.05) is 15.8 Å². The molecule has 0 fully saturated rings. The van der Waals surface area contributed by atoms with Gasteiger partial charge in [0.05, 0.1) is 4.88 Å². The third-order valence-electron chi connectivity index (χ3n) is 3.74. The second-order valence-electron chi connectivity index (χ2n) is 5.44. The van der Waals surface area contributed by atoms with Gasteiger partial charge in [-0.05, 0) is 50.1 Å². The van der Waals surface area contributed by atoms with Gasteiger partial charge in [0.15, 0.2) is 0 Å². The summed E-state index contributed by atoms with van der Waals surface area (Å²) in [6, 6.07) is 10.8. The van der Waals surface area contributed by atoms with Crippen LogP contribution in [0.1, 0.15) is 26.4 Å². The van der Waals surface area contributed by atoms with Gasteiger partial charge in [0.25, 0.3) is 5.91 Å². The van der Waals surface area contributed by atoms with Crippen LogP contribution in [0.25, 0.3) is 10.1 Å². The molecule has 3 aromatic rings. The molecule has 0 radical (unpaired) electrons. The molecular weight excluding hydrogens is 297 g/mol. The summed E-state index contributed by atoms with van der Waals surface area (Å²) in [7, 11) is 0. The molecule has 0 bridgehead atoms. The topological polar surface area (TPSA) is 29.1 Å². The van der Waals surface area contributed by atoms with Crippen LogP contribution in [-0.4, -0.2) is 5.91 Å². The van der Waals surface area contributed by atoms with Crippen molar-refractivity contribution >= 4 is 33.0 Å². The first-order valence-electron chi connectivity index (χ1n) is 7.03. The zero-order valence-electron chi connectivity index (χ0n) is 12.7. The summed E-state index contributed by atoms with van der Waals surface area (Å²) in [4.78, 5) is 13.1. The summed E-state index contributed by atoms with van der Waals surface area (Å²) < 4.78 is 14.7. The molecule has 2 aromatic carbocycles. The Hall–Kier alpha value is -2.20. The highest BCUT2D eigenvalue weighted by molar-refractivity contribution is 7.21. The maximum Gasteiger partial charge on any atom is 0.266 e. The molecule has 1 N–H and O–H groups in total. The fourth-order valence-electron chi connectivity index (χ4n) is 2.60. The first-order chi connectivity index (χ1) is 10.5. The van der Waals surface area contributed by atoms with Crippen molar-refractivity contribution in [3.8, 4) is 0 Å². The largest absolute Gasteiger partial charge is 0.321 e. The van der Waals surface area contributed by atoms with Crippen molar-refractivity contribution in [2.45, 2.75) is 20.8 Å². The Morgan fingerprint density at radius 3 is 2.59 bits per heavy atom. The first kappa shape index (κ1) is 14.7. The van der Waals surface area contributed by atoms with Crippen molar-refractivity contribution in [1.82, 2.24) is 0 Å². The third-order valence-corrected chi connectivity index (χ3v) is 5.00. The van der Waals surface area contributed by atoms with Gasteiger partial charge in [-0.15, -0.1) is 11.3 Å². The van der Waals surface area contributed by atoms with Gasteiger partial charge in [-0.3, -0.25) is 4.79 Å². The second-order valence-corrected chi connectivity index (χ2v) is 6.49. The number of hydrogen-bond acceptors (Lipinski definition) is 2. The second kappa shape index (κ2) is 5.54. The smallest absolute Gasteiger partial charge is 0.266 e. The van der Waals surface area contributed by atoms with E-state index in [9.17, 15) is 9.18 Å². The molecule has 0 saturated heterocycles. The molecule has 112 valence electrons. The number of rotatable bonds is 2. The number of amides is 1. The molecule has 0 aliphatic rings. The highest BCUT2D eigenvalue weighted by Gasteiger charge is 2.18. The lowest BCUT2D eigenvalue weighted by molar-refractivity contribution is 0.103. The molecular formula is C18H16FNOS. The minimum absolute atomic E-state index is 0.190. The minimum atomic E-state index is -0.281. The van der Waals surface area contributed by atoms with Crippen molar-refractivity contribution in [3.05, 3.63) is 63.8 Å². The fourth-order valence-corrected chi connectivity index (χ4v) is 3.72. The van der Waals surface area contributed by atoms with Gasteiger partial charge < -0.3 is 5.32 Å². The number of carbonyl (C=O) groups excluding carboxylic acids is 1. The van der Waals surface area contributed by atoms with E-state index in [0.717, 1.165) is 21.5 Å².